The monoisotopic (exact) mass is 616 g/mol. The molecule has 4 heterocycles. The van der Waals surface area contributed by atoms with E-state index < -0.39 is 0 Å². The van der Waals surface area contributed by atoms with Crippen LogP contribution in [0.3, 0.4) is 0 Å². The van der Waals surface area contributed by atoms with Crippen molar-refractivity contribution in [2.75, 3.05) is 0 Å². The van der Waals surface area contributed by atoms with Gasteiger partial charge in [-0.25, -0.2) is 0 Å². The van der Waals surface area contributed by atoms with E-state index in [4.69, 9.17) is 0 Å². The number of aromatic nitrogens is 3. The number of nitrogens with zero attached hydrogens (tertiary/aromatic N) is 4. The molecule has 0 bridgehead atoms. The Morgan fingerprint density at radius 2 is 1.19 bits per heavy atom. The summed E-state index contributed by atoms with van der Waals surface area (Å²) in [6.07, 6.45) is 3.84. The Labute approximate surface area is 273 Å². The highest BCUT2D eigenvalue weighted by Crippen LogP contribution is 2.41. The molecule has 10 aromatic rings. The highest BCUT2D eigenvalue weighted by Gasteiger charge is 2.17. The van der Waals surface area contributed by atoms with Crippen LogP contribution < -0.4 is 0 Å². The molecule has 0 aliphatic rings. The molecule has 0 saturated heterocycles. The Bertz CT molecular complexity index is 2880. The summed E-state index contributed by atoms with van der Waals surface area (Å²) in [6, 6.07) is 49.6. The molecule has 0 unspecified atom stereocenters. The second-order valence-corrected chi connectivity index (χ2v) is 13.1. The van der Waals surface area contributed by atoms with Gasteiger partial charge in [0.25, 0.3) is 0 Å². The molecule has 4 nitrogen and oxygen atoms in total. The van der Waals surface area contributed by atoms with Crippen LogP contribution in [0.5, 0.6) is 0 Å². The minimum atomic E-state index is 0.623. The van der Waals surface area contributed by atoms with Crippen LogP contribution in [0.15, 0.2) is 146 Å². The first-order valence-electron chi connectivity index (χ1n) is 15.6. The maximum absolute atomic E-state index is 10.2. The molecule has 218 valence electrons. The van der Waals surface area contributed by atoms with Crippen molar-refractivity contribution >= 4 is 75.1 Å². The minimum absolute atomic E-state index is 0.623. The van der Waals surface area contributed by atoms with E-state index in [-0.39, 0.29) is 0 Å². The summed E-state index contributed by atoms with van der Waals surface area (Å²) in [5, 5.41) is 17.5. The van der Waals surface area contributed by atoms with Crippen molar-refractivity contribution in [3.05, 3.63) is 151 Å². The zero-order valence-corrected chi connectivity index (χ0v) is 25.9. The Kier molecular flexibility index (Phi) is 5.48. The third-order valence-electron chi connectivity index (χ3n) is 9.39. The van der Waals surface area contributed by atoms with Gasteiger partial charge in [0.15, 0.2) is 0 Å². The summed E-state index contributed by atoms with van der Waals surface area (Å²) in [4.78, 5) is 4.54. The van der Waals surface area contributed by atoms with E-state index in [1.54, 1.807) is 0 Å². The van der Waals surface area contributed by atoms with Crippen LogP contribution in [0.1, 0.15) is 5.56 Å². The van der Waals surface area contributed by atoms with Crippen LogP contribution in [0.2, 0.25) is 0 Å². The first kappa shape index (κ1) is 26.0. The number of para-hydroxylation sites is 2. The average molecular weight is 617 g/mol. The summed E-state index contributed by atoms with van der Waals surface area (Å²) < 4.78 is 7.18. The topological polar surface area (TPSA) is 46.5 Å². The molecule has 0 spiro atoms. The largest absolute Gasteiger partial charge is 0.309 e. The molecular formula is C42H24N4S. The van der Waals surface area contributed by atoms with Gasteiger partial charge in [-0.05, 0) is 77.9 Å². The van der Waals surface area contributed by atoms with Crippen LogP contribution in [0.25, 0.3) is 86.3 Å². The lowest BCUT2D eigenvalue weighted by atomic mass is 10.0. The Morgan fingerprint density at radius 3 is 2.00 bits per heavy atom. The fraction of sp³-hybridized carbons (Fsp3) is 0. The normalized spacial score (nSPS) is 11.8. The van der Waals surface area contributed by atoms with Gasteiger partial charge < -0.3 is 9.13 Å². The van der Waals surface area contributed by atoms with Gasteiger partial charge in [0.05, 0.1) is 39.9 Å². The third kappa shape index (κ3) is 3.83. The molecule has 5 heteroatoms. The van der Waals surface area contributed by atoms with Crippen molar-refractivity contribution < 1.29 is 0 Å². The first-order chi connectivity index (χ1) is 23.2. The van der Waals surface area contributed by atoms with Crippen LogP contribution in [-0.4, -0.2) is 14.1 Å². The van der Waals surface area contributed by atoms with Gasteiger partial charge >= 0.3 is 0 Å². The second kappa shape index (κ2) is 9.89. The SMILES string of the molecule is N#Cc1cc(-c2cccc(-n3c4cnccc4c4cc5sc6ccccc6c5cc43)c2)cc(-n2c3ccccc3c3ccccc32)c1. The van der Waals surface area contributed by atoms with Crippen molar-refractivity contribution in [2.24, 2.45) is 0 Å². The van der Waals surface area contributed by atoms with E-state index >= 15 is 0 Å². The molecule has 4 aromatic heterocycles. The number of nitriles is 1. The van der Waals surface area contributed by atoms with Gasteiger partial charge in [0, 0.05) is 59.3 Å². The number of hydrogen-bond acceptors (Lipinski definition) is 3. The van der Waals surface area contributed by atoms with Crippen LogP contribution in [0.4, 0.5) is 0 Å². The van der Waals surface area contributed by atoms with E-state index in [9.17, 15) is 5.26 Å². The summed E-state index contributed by atoms with van der Waals surface area (Å²) >= 11 is 1.84. The molecule has 0 saturated carbocycles. The van der Waals surface area contributed by atoms with Gasteiger partial charge in [0.2, 0.25) is 0 Å². The van der Waals surface area contributed by atoms with E-state index in [0.29, 0.717) is 5.56 Å². The van der Waals surface area contributed by atoms with Gasteiger partial charge in [-0.1, -0.05) is 66.7 Å². The first-order valence-corrected chi connectivity index (χ1v) is 16.4. The van der Waals surface area contributed by atoms with E-state index in [0.717, 1.165) is 44.6 Å². The number of pyridine rings is 1. The zero-order valence-electron chi connectivity index (χ0n) is 25.1. The highest BCUT2D eigenvalue weighted by atomic mass is 32.1. The lowest BCUT2D eigenvalue weighted by Crippen LogP contribution is -1.97. The molecule has 0 N–H and O–H groups in total. The predicted molar refractivity (Wildman–Crippen MR) is 196 cm³/mol. The molecule has 0 radical (unpaired) electrons. The highest BCUT2D eigenvalue weighted by molar-refractivity contribution is 7.25. The summed E-state index contributed by atoms with van der Waals surface area (Å²) in [5.41, 5.74) is 9.14. The number of benzene rings is 6. The fourth-order valence-electron chi connectivity index (χ4n) is 7.36. The second-order valence-electron chi connectivity index (χ2n) is 12.0. The fourth-order valence-corrected chi connectivity index (χ4v) is 8.48. The molecule has 47 heavy (non-hydrogen) atoms. The van der Waals surface area contributed by atoms with E-state index in [1.807, 2.05) is 35.9 Å². The summed E-state index contributed by atoms with van der Waals surface area (Å²) in [6.45, 7) is 0. The van der Waals surface area contributed by atoms with Crippen molar-refractivity contribution in [1.29, 1.82) is 5.26 Å². The molecule has 0 atom stereocenters. The van der Waals surface area contributed by atoms with Crippen molar-refractivity contribution in [3.8, 4) is 28.6 Å². The molecule has 6 aromatic carbocycles. The Morgan fingerprint density at radius 1 is 0.489 bits per heavy atom. The van der Waals surface area contributed by atoms with Crippen molar-refractivity contribution in [1.82, 2.24) is 14.1 Å². The average Bonchev–Trinajstić information content (AvgIpc) is 3.78. The molecule has 0 aliphatic carbocycles. The molecule has 0 amide bonds. The predicted octanol–water partition coefficient (Wildman–Crippen LogP) is 11.2. The van der Waals surface area contributed by atoms with Crippen LogP contribution >= 0.6 is 11.3 Å². The third-order valence-corrected chi connectivity index (χ3v) is 10.5. The van der Waals surface area contributed by atoms with Gasteiger partial charge in [0.1, 0.15) is 0 Å². The molecule has 0 aliphatic heterocycles. The van der Waals surface area contributed by atoms with Gasteiger partial charge in [-0.2, -0.15) is 5.26 Å². The number of rotatable bonds is 3. The molecular weight excluding hydrogens is 593 g/mol. The maximum atomic E-state index is 10.2. The molecule has 0 fully saturated rings. The van der Waals surface area contributed by atoms with E-state index in [2.05, 4.69) is 142 Å². The van der Waals surface area contributed by atoms with E-state index in [1.165, 1.54) is 41.7 Å². The smallest absolute Gasteiger partial charge is 0.0992 e. The Balaban J connectivity index is 1.20. The zero-order chi connectivity index (χ0) is 31.1. The summed E-state index contributed by atoms with van der Waals surface area (Å²) in [5.74, 6) is 0. The van der Waals surface area contributed by atoms with Crippen LogP contribution in [0, 0.1) is 11.3 Å². The maximum Gasteiger partial charge on any atom is 0.0992 e. The van der Waals surface area contributed by atoms with Gasteiger partial charge in [-0.15, -0.1) is 11.3 Å². The lowest BCUT2D eigenvalue weighted by molar-refractivity contribution is 1.16. The summed E-state index contributed by atoms with van der Waals surface area (Å²) in [7, 11) is 0. The number of hydrogen-bond donors (Lipinski definition) is 0. The Hall–Kier alpha value is -6.22. The standard InChI is InChI=1S/C42H24N4S/c43-24-26-18-28(21-30(19-26)46-37-13-4-1-10-31(37)32-11-2-5-14-38(32)46)27-8-7-9-29(20-27)45-39-22-36-34-12-3-6-15-41(34)47-42(36)23-35(39)33-16-17-44-25-40(33)45/h1-23,25H. The molecule has 10 rings (SSSR count). The number of fused-ring (bicyclic) bond motifs is 9. The van der Waals surface area contributed by atoms with Gasteiger partial charge in [-0.3, -0.25) is 4.98 Å². The van der Waals surface area contributed by atoms with Crippen LogP contribution in [-0.2, 0) is 0 Å². The minimum Gasteiger partial charge on any atom is -0.309 e. The van der Waals surface area contributed by atoms with Crippen molar-refractivity contribution in [3.63, 3.8) is 0 Å². The lowest BCUT2D eigenvalue weighted by Gasteiger charge is -2.13. The number of thiophene rings is 1. The van der Waals surface area contributed by atoms with Crippen molar-refractivity contribution in [2.45, 2.75) is 0 Å². The quantitative estimate of drug-likeness (QED) is 0.198.